The van der Waals surface area contributed by atoms with Gasteiger partial charge in [0.25, 0.3) is 0 Å². The van der Waals surface area contributed by atoms with Crippen molar-refractivity contribution in [2.45, 2.75) is 20.8 Å². The van der Waals surface area contributed by atoms with Crippen LogP contribution in [0.5, 0.6) is 5.75 Å². The first kappa shape index (κ1) is 13.3. The lowest BCUT2D eigenvalue weighted by molar-refractivity contribution is 0.103. The summed E-state index contributed by atoms with van der Waals surface area (Å²) in [7, 11) is 0. The second kappa shape index (κ2) is 5.65. The summed E-state index contributed by atoms with van der Waals surface area (Å²) in [6.07, 6.45) is 1.71. The zero-order valence-corrected chi connectivity index (χ0v) is 11.4. The molecule has 0 radical (unpaired) electrons. The number of hydrogen-bond donors (Lipinski definition) is 0. The van der Waals surface area contributed by atoms with Gasteiger partial charge in [0.2, 0.25) is 5.78 Å². The summed E-state index contributed by atoms with van der Waals surface area (Å²) >= 11 is 0. The van der Waals surface area contributed by atoms with Crippen molar-refractivity contribution in [2.24, 2.45) is 0 Å². The molecular formula is C16H17NO2. The lowest BCUT2D eigenvalue weighted by atomic mass is 10.0. The van der Waals surface area contributed by atoms with E-state index in [1.165, 1.54) is 0 Å². The second-order valence-corrected chi connectivity index (χ2v) is 4.47. The monoisotopic (exact) mass is 255 g/mol. The van der Waals surface area contributed by atoms with Gasteiger partial charge in [-0.1, -0.05) is 18.2 Å². The van der Waals surface area contributed by atoms with Gasteiger partial charge >= 0.3 is 0 Å². The molecule has 3 heteroatoms. The van der Waals surface area contributed by atoms with Gasteiger partial charge < -0.3 is 4.74 Å². The molecule has 0 aliphatic carbocycles. The molecule has 1 heterocycles. The van der Waals surface area contributed by atoms with Crippen LogP contribution in [0, 0.1) is 13.8 Å². The van der Waals surface area contributed by atoms with E-state index in [9.17, 15) is 4.79 Å². The lowest BCUT2D eigenvalue weighted by Crippen LogP contribution is -2.07. The molecule has 0 saturated heterocycles. The van der Waals surface area contributed by atoms with E-state index in [1.807, 2.05) is 39.0 Å². The van der Waals surface area contributed by atoms with Crippen LogP contribution in [0.4, 0.5) is 0 Å². The van der Waals surface area contributed by atoms with E-state index in [4.69, 9.17) is 4.74 Å². The Hall–Kier alpha value is -2.16. The van der Waals surface area contributed by atoms with Crippen molar-refractivity contribution in [3.63, 3.8) is 0 Å². The molecule has 0 spiro atoms. The van der Waals surface area contributed by atoms with E-state index in [0.717, 1.165) is 11.1 Å². The Morgan fingerprint density at radius 1 is 1.26 bits per heavy atom. The number of aromatic nitrogens is 1. The van der Waals surface area contributed by atoms with Crippen molar-refractivity contribution in [3.8, 4) is 5.75 Å². The fourth-order valence-corrected chi connectivity index (χ4v) is 1.98. The van der Waals surface area contributed by atoms with Gasteiger partial charge in [0.15, 0.2) is 0 Å². The van der Waals surface area contributed by atoms with Crippen LogP contribution >= 0.6 is 0 Å². The van der Waals surface area contributed by atoms with Crippen LogP contribution in [0.3, 0.4) is 0 Å². The molecule has 19 heavy (non-hydrogen) atoms. The minimum absolute atomic E-state index is 0.0703. The number of benzene rings is 1. The van der Waals surface area contributed by atoms with Crippen LogP contribution in [0.1, 0.15) is 34.1 Å². The van der Waals surface area contributed by atoms with Crippen molar-refractivity contribution in [1.82, 2.24) is 4.98 Å². The fraction of sp³-hybridized carbons (Fsp3) is 0.250. The van der Waals surface area contributed by atoms with Crippen LogP contribution < -0.4 is 4.74 Å². The molecule has 0 saturated carbocycles. The highest BCUT2D eigenvalue weighted by molar-refractivity contribution is 6.08. The van der Waals surface area contributed by atoms with E-state index < -0.39 is 0 Å². The van der Waals surface area contributed by atoms with Gasteiger partial charge in [-0.25, -0.2) is 0 Å². The summed E-state index contributed by atoms with van der Waals surface area (Å²) in [5, 5.41) is 0. The molecule has 1 aromatic carbocycles. The maximum Gasteiger partial charge on any atom is 0.211 e. The van der Waals surface area contributed by atoms with Gasteiger partial charge in [-0.15, -0.1) is 0 Å². The Balaban J connectivity index is 2.35. The Kier molecular flexibility index (Phi) is 3.95. The van der Waals surface area contributed by atoms with Gasteiger partial charge in [0.1, 0.15) is 11.4 Å². The third kappa shape index (κ3) is 2.99. The minimum atomic E-state index is -0.0703. The average molecular weight is 255 g/mol. The van der Waals surface area contributed by atoms with Crippen LogP contribution in [-0.4, -0.2) is 17.4 Å². The number of ether oxygens (including phenoxy) is 1. The highest BCUT2D eigenvalue weighted by Crippen LogP contribution is 2.18. The fourth-order valence-electron chi connectivity index (χ4n) is 1.98. The van der Waals surface area contributed by atoms with Crippen molar-refractivity contribution in [3.05, 3.63) is 58.9 Å². The highest BCUT2D eigenvalue weighted by atomic mass is 16.5. The average Bonchev–Trinajstić information content (AvgIpc) is 2.39. The summed E-state index contributed by atoms with van der Waals surface area (Å²) in [6, 6.07) is 9.17. The zero-order valence-electron chi connectivity index (χ0n) is 11.4. The zero-order chi connectivity index (χ0) is 13.8. The molecular weight excluding hydrogens is 238 g/mol. The second-order valence-electron chi connectivity index (χ2n) is 4.47. The molecule has 2 rings (SSSR count). The summed E-state index contributed by atoms with van der Waals surface area (Å²) in [6.45, 7) is 6.36. The molecule has 3 nitrogen and oxygen atoms in total. The molecule has 1 aromatic heterocycles. The SMILES string of the molecule is CCOc1cccc(C(=O)c2ncc(C)cc2C)c1. The first-order valence-electron chi connectivity index (χ1n) is 6.32. The summed E-state index contributed by atoms with van der Waals surface area (Å²) in [5.41, 5.74) is 3.05. The van der Waals surface area contributed by atoms with Crippen molar-refractivity contribution in [1.29, 1.82) is 0 Å². The Labute approximate surface area is 113 Å². The Bertz CT molecular complexity index is 605. The third-order valence-corrected chi connectivity index (χ3v) is 2.84. The topological polar surface area (TPSA) is 39.2 Å². The molecule has 0 aliphatic heterocycles. The smallest absolute Gasteiger partial charge is 0.211 e. The molecule has 0 atom stereocenters. The maximum absolute atomic E-state index is 12.4. The van der Waals surface area contributed by atoms with Gasteiger partial charge in [-0.3, -0.25) is 9.78 Å². The van der Waals surface area contributed by atoms with Crippen molar-refractivity contribution < 1.29 is 9.53 Å². The van der Waals surface area contributed by atoms with E-state index in [2.05, 4.69) is 4.98 Å². The van der Waals surface area contributed by atoms with Crippen LogP contribution in [-0.2, 0) is 0 Å². The number of ketones is 1. The number of rotatable bonds is 4. The number of nitrogens with zero attached hydrogens (tertiary/aromatic N) is 1. The standard InChI is InChI=1S/C16H17NO2/c1-4-19-14-7-5-6-13(9-14)16(18)15-12(3)8-11(2)10-17-15/h5-10H,4H2,1-3H3. The molecule has 0 N–H and O–H groups in total. The summed E-state index contributed by atoms with van der Waals surface area (Å²) in [4.78, 5) is 16.7. The molecule has 0 bridgehead atoms. The maximum atomic E-state index is 12.4. The summed E-state index contributed by atoms with van der Waals surface area (Å²) in [5.74, 6) is 0.636. The van der Waals surface area contributed by atoms with Gasteiger partial charge in [-0.2, -0.15) is 0 Å². The van der Waals surface area contributed by atoms with E-state index in [1.54, 1.807) is 18.3 Å². The predicted molar refractivity (Wildman–Crippen MR) is 74.8 cm³/mol. The molecule has 0 unspecified atom stereocenters. The molecule has 98 valence electrons. The number of hydrogen-bond acceptors (Lipinski definition) is 3. The van der Waals surface area contributed by atoms with Gasteiger partial charge in [-0.05, 0) is 44.0 Å². The van der Waals surface area contributed by atoms with Crippen molar-refractivity contribution >= 4 is 5.78 Å². The quantitative estimate of drug-likeness (QED) is 0.787. The third-order valence-electron chi connectivity index (χ3n) is 2.84. The van der Waals surface area contributed by atoms with E-state index in [-0.39, 0.29) is 5.78 Å². The van der Waals surface area contributed by atoms with Crippen LogP contribution in [0.15, 0.2) is 36.5 Å². The molecule has 0 amide bonds. The largest absolute Gasteiger partial charge is 0.494 e. The normalized spacial score (nSPS) is 10.3. The molecule has 2 aromatic rings. The number of aryl methyl sites for hydroxylation is 2. The van der Waals surface area contributed by atoms with Crippen LogP contribution in [0.2, 0.25) is 0 Å². The summed E-state index contributed by atoms with van der Waals surface area (Å²) < 4.78 is 5.41. The van der Waals surface area contributed by atoms with Gasteiger partial charge in [0, 0.05) is 11.8 Å². The number of pyridine rings is 1. The van der Waals surface area contributed by atoms with E-state index in [0.29, 0.717) is 23.6 Å². The predicted octanol–water partition coefficient (Wildman–Crippen LogP) is 3.33. The minimum Gasteiger partial charge on any atom is -0.494 e. The molecule has 0 aliphatic rings. The first-order valence-corrected chi connectivity index (χ1v) is 6.32. The lowest BCUT2D eigenvalue weighted by Gasteiger charge is -2.07. The number of carbonyl (C=O) groups excluding carboxylic acids is 1. The Morgan fingerprint density at radius 3 is 2.74 bits per heavy atom. The first-order chi connectivity index (χ1) is 9.11. The molecule has 0 fully saturated rings. The van der Waals surface area contributed by atoms with Crippen molar-refractivity contribution in [2.75, 3.05) is 6.61 Å². The number of carbonyl (C=O) groups is 1. The Morgan fingerprint density at radius 2 is 2.05 bits per heavy atom. The van der Waals surface area contributed by atoms with Crippen LogP contribution in [0.25, 0.3) is 0 Å². The highest BCUT2D eigenvalue weighted by Gasteiger charge is 2.14. The van der Waals surface area contributed by atoms with E-state index >= 15 is 0 Å². The van der Waals surface area contributed by atoms with Gasteiger partial charge in [0.05, 0.1) is 6.61 Å².